The Morgan fingerprint density at radius 2 is 1.88 bits per heavy atom. The fourth-order valence-electron chi connectivity index (χ4n) is 1.29. The molecule has 0 saturated carbocycles. The molecular weight excluding hydrogens is 212 g/mol. The van der Waals surface area contributed by atoms with Crippen molar-refractivity contribution in [3.8, 4) is 0 Å². The van der Waals surface area contributed by atoms with Gasteiger partial charge in [0.2, 0.25) is 0 Å². The molecule has 0 heterocycles. The molecule has 0 atom stereocenters. The molecule has 6 heteroatoms. The summed E-state index contributed by atoms with van der Waals surface area (Å²) in [6.07, 6.45) is 0.358. The van der Waals surface area contributed by atoms with E-state index in [-0.39, 0.29) is 13.2 Å². The molecule has 0 aliphatic rings. The Labute approximate surface area is 96.2 Å². The van der Waals surface area contributed by atoms with Crippen molar-refractivity contribution in [2.24, 2.45) is 0 Å². The number of nitrogens with one attached hydrogen (secondary N) is 1. The minimum atomic E-state index is -0.404. The first-order valence-electron chi connectivity index (χ1n) is 5.59. The van der Waals surface area contributed by atoms with E-state index < -0.39 is 6.09 Å². The molecule has 0 spiro atoms. The maximum atomic E-state index is 10.9. The molecule has 0 aromatic carbocycles. The fraction of sp³-hybridized carbons (Fsp3) is 0.900. The third-order valence-corrected chi connectivity index (χ3v) is 2.03. The first kappa shape index (κ1) is 15.2. The molecule has 0 aliphatic carbocycles. The average molecular weight is 234 g/mol. The molecule has 0 radical (unpaired) electrons. The van der Waals surface area contributed by atoms with Gasteiger partial charge in [0.05, 0.1) is 19.8 Å². The normalized spacial score (nSPS) is 10.5. The molecular formula is C10H22N2O4. The van der Waals surface area contributed by atoms with E-state index in [0.29, 0.717) is 26.2 Å². The third-order valence-electron chi connectivity index (χ3n) is 2.03. The lowest BCUT2D eigenvalue weighted by Gasteiger charge is -2.19. The van der Waals surface area contributed by atoms with Gasteiger partial charge in [0.25, 0.3) is 0 Å². The zero-order valence-corrected chi connectivity index (χ0v) is 9.81. The van der Waals surface area contributed by atoms with Crippen molar-refractivity contribution in [3.05, 3.63) is 0 Å². The molecule has 0 rings (SSSR count). The summed E-state index contributed by atoms with van der Waals surface area (Å²) in [7, 11) is 0. The second-order valence-electron chi connectivity index (χ2n) is 3.29. The van der Waals surface area contributed by atoms with E-state index in [2.05, 4.69) is 5.32 Å². The van der Waals surface area contributed by atoms with E-state index in [1.807, 2.05) is 4.90 Å². The van der Waals surface area contributed by atoms with Gasteiger partial charge < -0.3 is 20.3 Å². The Bertz CT molecular complexity index is 172. The Kier molecular flexibility index (Phi) is 10.1. The van der Waals surface area contributed by atoms with Gasteiger partial charge in [0.1, 0.15) is 0 Å². The van der Waals surface area contributed by atoms with Crippen LogP contribution in [0.2, 0.25) is 0 Å². The van der Waals surface area contributed by atoms with Crippen LogP contribution in [0.4, 0.5) is 4.79 Å². The van der Waals surface area contributed by atoms with Crippen LogP contribution in [0.15, 0.2) is 0 Å². The summed E-state index contributed by atoms with van der Waals surface area (Å²) in [4.78, 5) is 12.8. The molecule has 96 valence electrons. The number of carbonyl (C=O) groups excluding carboxylic acids is 1. The SMILES string of the molecule is CCOC(=O)NCCCN(CCO)CCO. The number of rotatable bonds is 9. The number of amides is 1. The van der Waals surface area contributed by atoms with Crippen LogP contribution in [0.3, 0.4) is 0 Å². The average Bonchev–Trinajstić information content (AvgIpc) is 2.25. The van der Waals surface area contributed by atoms with Crippen LogP contribution < -0.4 is 5.32 Å². The van der Waals surface area contributed by atoms with Crippen molar-refractivity contribution in [3.63, 3.8) is 0 Å². The summed E-state index contributed by atoms with van der Waals surface area (Å²) in [6.45, 7) is 4.62. The quantitative estimate of drug-likeness (QED) is 0.464. The maximum Gasteiger partial charge on any atom is 0.407 e. The summed E-state index contributed by atoms with van der Waals surface area (Å²) in [5, 5.41) is 20.1. The van der Waals surface area contributed by atoms with E-state index in [1.165, 1.54) is 0 Å². The Hall–Kier alpha value is -0.850. The molecule has 0 unspecified atom stereocenters. The zero-order valence-electron chi connectivity index (χ0n) is 9.81. The lowest BCUT2D eigenvalue weighted by molar-refractivity contribution is 0.147. The highest BCUT2D eigenvalue weighted by atomic mass is 16.5. The summed E-state index contributed by atoms with van der Waals surface area (Å²) in [5.74, 6) is 0. The molecule has 1 amide bonds. The number of nitrogens with zero attached hydrogens (tertiary/aromatic N) is 1. The van der Waals surface area contributed by atoms with Crippen molar-refractivity contribution in [1.82, 2.24) is 10.2 Å². The van der Waals surface area contributed by atoms with Crippen LogP contribution in [0, 0.1) is 0 Å². The van der Waals surface area contributed by atoms with Crippen LogP contribution in [-0.2, 0) is 4.74 Å². The highest BCUT2D eigenvalue weighted by Crippen LogP contribution is 1.90. The van der Waals surface area contributed by atoms with E-state index in [1.54, 1.807) is 6.92 Å². The first-order valence-corrected chi connectivity index (χ1v) is 5.59. The van der Waals surface area contributed by atoms with Gasteiger partial charge in [-0.2, -0.15) is 0 Å². The topological polar surface area (TPSA) is 82.0 Å². The van der Waals surface area contributed by atoms with Gasteiger partial charge in [-0.3, -0.25) is 4.90 Å². The van der Waals surface area contributed by atoms with Crippen molar-refractivity contribution in [1.29, 1.82) is 0 Å². The molecule has 0 fully saturated rings. The molecule has 16 heavy (non-hydrogen) atoms. The summed E-state index contributed by atoms with van der Waals surface area (Å²) in [5.41, 5.74) is 0. The van der Waals surface area contributed by atoms with Crippen LogP contribution in [-0.4, -0.2) is 67.2 Å². The van der Waals surface area contributed by atoms with Crippen molar-refractivity contribution in [2.75, 3.05) is 46.0 Å². The van der Waals surface area contributed by atoms with Crippen LogP contribution >= 0.6 is 0 Å². The van der Waals surface area contributed by atoms with Crippen molar-refractivity contribution in [2.45, 2.75) is 13.3 Å². The number of ether oxygens (including phenoxy) is 1. The van der Waals surface area contributed by atoms with Crippen LogP contribution in [0.5, 0.6) is 0 Å². The van der Waals surface area contributed by atoms with Gasteiger partial charge in [-0.05, 0) is 19.9 Å². The zero-order chi connectivity index (χ0) is 12.2. The molecule has 0 bridgehead atoms. The second-order valence-corrected chi connectivity index (χ2v) is 3.29. The van der Waals surface area contributed by atoms with E-state index in [0.717, 1.165) is 13.0 Å². The number of hydrogen-bond acceptors (Lipinski definition) is 5. The van der Waals surface area contributed by atoms with E-state index in [4.69, 9.17) is 14.9 Å². The minimum absolute atomic E-state index is 0.0747. The molecule has 0 aliphatic heterocycles. The number of hydrogen-bond donors (Lipinski definition) is 3. The summed E-state index contributed by atoms with van der Waals surface area (Å²) >= 11 is 0. The molecule has 0 aromatic heterocycles. The molecule has 0 aromatic rings. The van der Waals surface area contributed by atoms with Gasteiger partial charge in [-0.15, -0.1) is 0 Å². The van der Waals surface area contributed by atoms with Gasteiger partial charge in [-0.1, -0.05) is 0 Å². The van der Waals surface area contributed by atoms with Gasteiger partial charge in [-0.25, -0.2) is 4.79 Å². The van der Waals surface area contributed by atoms with Crippen LogP contribution in [0.25, 0.3) is 0 Å². The minimum Gasteiger partial charge on any atom is -0.450 e. The van der Waals surface area contributed by atoms with Gasteiger partial charge in [0, 0.05) is 19.6 Å². The lowest BCUT2D eigenvalue weighted by Crippen LogP contribution is -2.33. The molecule has 0 saturated heterocycles. The number of alkyl carbamates (subject to hydrolysis) is 1. The third kappa shape index (κ3) is 8.46. The monoisotopic (exact) mass is 234 g/mol. The second kappa shape index (κ2) is 10.7. The first-order chi connectivity index (χ1) is 7.74. The van der Waals surface area contributed by atoms with Gasteiger partial charge in [0.15, 0.2) is 0 Å². The Morgan fingerprint density at radius 1 is 1.25 bits per heavy atom. The predicted molar refractivity (Wildman–Crippen MR) is 60.3 cm³/mol. The van der Waals surface area contributed by atoms with E-state index in [9.17, 15) is 4.79 Å². The highest BCUT2D eigenvalue weighted by Gasteiger charge is 2.04. The Balaban J connectivity index is 3.49. The summed E-state index contributed by atoms with van der Waals surface area (Å²) in [6, 6.07) is 0. The molecule has 3 N–H and O–H groups in total. The van der Waals surface area contributed by atoms with E-state index >= 15 is 0 Å². The van der Waals surface area contributed by atoms with Gasteiger partial charge >= 0.3 is 6.09 Å². The Morgan fingerprint density at radius 3 is 2.38 bits per heavy atom. The highest BCUT2D eigenvalue weighted by molar-refractivity contribution is 5.66. The van der Waals surface area contributed by atoms with Crippen molar-refractivity contribution >= 4 is 6.09 Å². The number of carbonyl (C=O) groups is 1. The fourth-order valence-corrected chi connectivity index (χ4v) is 1.29. The maximum absolute atomic E-state index is 10.9. The number of aliphatic hydroxyl groups excluding tert-OH is 2. The molecule has 6 nitrogen and oxygen atoms in total. The van der Waals surface area contributed by atoms with Crippen LogP contribution in [0.1, 0.15) is 13.3 Å². The predicted octanol–water partition coefficient (Wildman–Crippen LogP) is -0.591. The standard InChI is InChI=1S/C10H22N2O4/c1-2-16-10(15)11-4-3-5-12(6-8-13)7-9-14/h13-14H,2-9H2,1H3,(H,11,15). The van der Waals surface area contributed by atoms with Crippen molar-refractivity contribution < 1.29 is 19.7 Å². The lowest BCUT2D eigenvalue weighted by atomic mass is 10.3. The largest absolute Gasteiger partial charge is 0.450 e. The summed E-state index contributed by atoms with van der Waals surface area (Å²) < 4.78 is 4.70. The number of aliphatic hydroxyl groups is 2. The smallest absolute Gasteiger partial charge is 0.407 e.